The van der Waals surface area contributed by atoms with Gasteiger partial charge in [-0.05, 0) is 43.9 Å². The molecule has 1 saturated heterocycles. The second-order valence-corrected chi connectivity index (χ2v) is 7.58. The van der Waals surface area contributed by atoms with Gasteiger partial charge in [-0.1, -0.05) is 43.0 Å². The van der Waals surface area contributed by atoms with Crippen molar-refractivity contribution < 1.29 is 9.59 Å². The number of carbonyl (C=O) groups is 2. The Morgan fingerprint density at radius 1 is 1.39 bits per heavy atom. The fraction of sp³-hybridized carbons (Fsp3) is 0.471. The van der Waals surface area contributed by atoms with Gasteiger partial charge in [-0.15, -0.1) is 0 Å². The maximum absolute atomic E-state index is 12.1. The first kappa shape index (κ1) is 17.9. The summed E-state index contributed by atoms with van der Waals surface area (Å²) in [5.74, 6) is 0.0494. The molecule has 124 valence electrons. The van der Waals surface area contributed by atoms with Crippen LogP contribution in [0.5, 0.6) is 0 Å². The van der Waals surface area contributed by atoms with Crippen molar-refractivity contribution in [2.75, 3.05) is 11.9 Å². The number of benzene rings is 1. The SMILES string of the molecule is CCC1SC(=S)N(CCCC(=O)Nc2cc(C)ccc2C)C1=O. The molecule has 2 amide bonds. The van der Waals surface area contributed by atoms with Crippen LogP contribution in [-0.4, -0.2) is 32.8 Å². The maximum atomic E-state index is 12.1. The Labute approximate surface area is 147 Å². The third-order valence-electron chi connectivity index (χ3n) is 3.83. The lowest BCUT2D eigenvalue weighted by atomic mass is 10.1. The van der Waals surface area contributed by atoms with Crippen LogP contribution in [0.15, 0.2) is 18.2 Å². The molecule has 23 heavy (non-hydrogen) atoms. The smallest absolute Gasteiger partial charge is 0.241 e. The summed E-state index contributed by atoms with van der Waals surface area (Å²) < 4.78 is 0.636. The molecule has 1 heterocycles. The minimum absolute atomic E-state index is 0.0315. The van der Waals surface area contributed by atoms with Crippen molar-refractivity contribution in [1.29, 1.82) is 0 Å². The van der Waals surface area contributed by atoms with Crippen molar-refractivity contribution in [2.45, 2.75) is 45.3 Å². The zero-order valence-electron chi connectivity index (χ0n) is 13.7. The van der Waals surface area contributed by atoms with Crippen molar-refractivity contribution in [2.24, 2.45) is 0 Å². The van der Waals surface area contributed by atoms with E-state index in [1.807, 2.05) is 39.0 Å². The Morgan fingerprint density at radius 3 is 2.78 bits per heavy atom. The summed E-state index contributed by atoms with van der Waals surface area (Å²) in [6, 6.07) is 5.98. The van der Waals surface area contributed by atoms with Crippen molar-refractivity contribution in [3.8, 4) is 0 Å². The van der Waals surface area contributed by atoms with Crippen LogP contribution < -0.4 is 5.32 Å². The lowest BCUT2D eigenvalue weighted by Gasteiger charge is -2.15. The quantitative estimate of drug-likeness (QED) is 0.796. The third kappa shape index (κ3) is 4.54. The molecule has 0 spiro atoms. The molecular formula is C17H22N2O2S2. The molecule has 6 heteroatoms. The molecular weight excluding hydrogens is 328 g/mol. The third-order valence-corrected chi connectivity index (χ3v) is 5.58. The topological polar surface area (TPSA) is 49.4 Å². The number of hydrogen-bond donors (Lipinski definition) is 1. The number of carbonyl (C=O) groups excluding carboxylic acids is 2. The number of aryl methyl sites for hydroxylation is 2. The molecule has 0 aromatic heterocycles. The highest BCUT2D eigenvalue weighted by Crippen LogP contribution is 2.29. The van der Waals surface area contributed by atoms with E-state index in [0.717, 1.165) is 23.2 Å². The normalized spacial score (nSPS) is 17.7. The second kappa shape index (κ2) is 7.93. The number of hydrogen-bond acceptors (Lipinski definition) is 4. The van der Waals surface area contributed by atoms with E-state index in [-0.39, 0.29) is 17.1 Å². The van der Waals surface area contributed by atoms with E-state index in [0.29, 0.717) is 23.7 Å². The number of rotatable bonds is 6. The summed E-state index contributed by atoms with van der Waals surface area (Å²) >= 11 is 6.70. The average Bonchev–Trinajstić information content (AvgIpc) is 2.78. The zero-order chi connectivity index (χ0) is 17.0. The summed E-state index contributed by atoms with van der Waals surface area (Å²) in [7, 11) is 0. The number of thioether (sulfide) groups is 1. The number of amides is 2. The predicted molar refractivity (Wildman–Crippen MR) is 99.8 cm³/mol. The standard InChI is InChI=1S/C17H22N2O2S2/c1-4-14-16(21)19(17(22)23-14)9-5-6-15(20)18-13-10-11(2)7-8-12(13)3/h7-8,10,14H,4-6,9H2,1-3H3,(H,18,20). The minimum atomic E-state index is -0.0497. The van der Waals surface area contributed by atoms with Gasteiger partial charge in [0, 0.05) is 18.7 Å². The van der Waals surface area contributed by atoms with Crippen LogP contribution in [-0.2, 0) is 9.59 Å². The first-order chi connectivity index (χ1) is 10.9. The Hall–Kier alpha value is -1.40. The van der Waals surface area contributed by atoms with Crippen LogP contribution in [0.2, 0.25) is 0 Å². The molecule has 1 aromatic rings. The number of nitrogens with zero attached hydrogens (tertiary/aromatic N) is 1. The number of anilines is 1. The molecule has 2 rings (SSSR count). The Morgan fingerprint density at radius 2 is 2.13 bits per heavy atom. The molecule has 1 aliphatic heterocycles. The van der Waals surface area contributed by atoms with E-state index in [1.165, 1.54) is 11.8 Å². The number of thiocarbonyl (C=S) groups is 1. The summed E-state index contributed by atoms with van der Waals surface area (Å²) in [6.07, 6.45) is 1.77. The molecule has 0 radical (unpaired) electrons. The van der Waals surface area contributed by atoms with Gasteiger partial charge >= 0.3 is 0 Å². The fourth-order valence-corrected chi connectivity index (χ4v) is 3.92. The minimum Gasteiger partial charge on any atom is -0.326 e. The van der Waals surface area contributed by atoms with Crippen LogP contribution in [0.1, 0.15) is 37.3 Å². The number of nitrogens with one attached hydrogen (secondary N) is 1. The van der Waals surface area contributed by atoms with Gasteiger partial charge in [-0.3, -0.25) is 14.5 Å². The van der Waals surface area contributed by atoms with Crippen LogP contribution >= 0.6 is 24.0 Å². The van der Waals surface area contributed by atoms with Crippen molar-refractivity contribution in [1.82, 2.24) is 4.90 Å². The first-order valence-corrected chi connectivity index (χ1v) is 9.10. The van der Waals surface area contributed by atoms with E-state index < -0.39 is 0 Å². The van der Waals surface area contributed by atoms with E-state index in [4.69, 9.17) is 12.2 Å². The molecule has 1 aliphatic rings. The molecule has 1 atom stereocenters. The lowest BCUT2D eigenvalue weighted by molar-refractivity contribution is -0.126. The highest BCUT2D eigenvalue weighted by atomic mass is 32.2. The fourth-order valence-electron chi connectivity index (χ4n) is 2.44. The Balaban J connectivity index is 1.82. The van der Waals surface area contributed by atoms with Crippen LogP contribution in [0, 0.1) is 13.8 Å². The summed E-state index contributed by atoms with van der Waals surface area (Å²) in [5, 5.41) is 2.89. The summed E-state index contributed by atoms with van der Waals surface area (Å²) in [5.41, 5.74) is 3.01. The van der Waals surface area contributed by atoms with Crippen molar-refractivity contribution in [3.63, 3.8) is 0 Å². The molecule has 0 aliphatic carbocycles. The Kier molecular flexibility index (Phi) is 6.18. The highest BCUT2D eigenvalue weighted by molar-refractivity contribution is 8.24. The van der Waals surface area contributed by atoms with Gasteiger partial charge < -0.3 is 5.32 Å². The van der Waals surface area contributed by atoms with E-state index in [9.17, 15) is 9.59 Å². The maximum Gasteiger partial charge on any atom is 0.241 e. The molecule has 0 bridgehead atoms. The highest BCUT2D eigenvalue weighted by Gasteiger charge is 2.35. The summed E-state index contributed by atoms with van der Waals surface area (Å²) in [6.45, 7) is 6.47. The molecule has 1 unspecified atom stereocenters. The van der Waals surface area contributed by atoms with Gasteiger partial charge in [-0.25, -0.2) is 0 Å². The van der Waals surface area contributed by atoms with E-state index in [2.05, 4.69) is 5.32 Å². The molecule has 0 saturated carbocycles. The molecule has 1 N–H and O–H groups in total. The molecule has 1 fully saturated rings. The van der Waals surface area contributed by atoms with Crippen LogP contribution in [0.4, 0.5) is 5.69 Å². The monoisotopic (exact) mass is 350 g/mol. The Bertz CT molecular complexity index is 631. The predicted octanol–water partition coefficient (Wildman–Crippen LogP) is 3.66. The molecule has 4 nitrogen and oxygen atoms in total. The van der Waals surface area contributed by atoms with Crippen LogP contribution in [0.25, 0.3) is 0 Å². The van der Waals surface area contributed by atoms with E-state index in [1.54, 1.807) is 4.90 Å². The average molecular weight is 351 g/mol. The van der Waals surface area contributed by atoms with Gasteiger partial charge in [0.2, 0.25) is 11.8 Å². The van der Waals surface area contributed by atoms with Gasteiger partial charge in [0.05, 0.1) is 5.25 Å². The van der Waals surface area contributed by atoms with Crippen molar-refractivity contribution >= 4 is 45.8 Å². The van der Waals surface area contributed by atoms with Gasteiger partial charge in [-0.2, -0.15) is 0 Å². The van der Waals surface area contributed by atoms with Gasteiger partial charge in [0.15, 0.2) is 0 Å². The van der Waals surface area contributed by atoms with Crippen molar-refractivity contribution in [3.05, 3.63) is 29.3 Å². The second-order valence-electron chi connectivity index (χ2n) is 5.74. The molecule has 1 aromatic carbocycles. The van der Waals surface area contributed by atoms with E-state index >= 15 is 0 Å². The summed E-state index contributed by atoms with van der Waals surface area (Å²) in [4.78, 5) is 25.8. The van der Waals surface area contributed by atoms with Crippen LogP contribution in [0.3, 0.4) is 0 Å². The largest absolute Gasteiger partial charge is 0.326 e. The van der Waals surface area contributed by atoms with Gasteiger partial charge in [0.1, 0.15) is 4.32 Å². The van der Waals surface area contributed by atoms with Gasteiger partial charge in [0.25, 0.3) is 0 Å². The first-order valence-electron chi connectivity index (χ1n) is 7.81. The zero-order valence-corrected chi connectivity index (χ0v) is 15.4. The lowest BCUT2D eigenvalue weighted by Crippen LogP contribution is -2.32.